The second-order valence-electron chi connectivity index (χ2n) is 6.54. The number of aromatic nitrogens is 3. The molecule has 1 saturated heterocycles. The van der Waals surface area contributed by atoms with Crippen LogP contribution in [-0.2, 0) is 4.74 Å². The highest BCUT2D eigenvalue weighted by Crippen LogP contribution is 2.24. The average molecular weight is 345 g/mol. The molecular weight excluding hydrogens is 322 g/mol. The summed E-state index contributed by atoms with van der Waals surface area (Å²) in [6.07, 6.45) is 1.25. The van der Waals surface area contributed by atoms with Crippen molar-refractivity contribution in [3.63, 3.8) is 0 Å². The van der Waals surface area contributed by atoms with Gasteiger partial charge in [-0.1, -0.05) is 13.8 Å². The van der Waals surface area contributed by atoms with Gasteiger partial charge in [0, 0.05) is 38.3 Å². The van der Waals surface area contributed by atoms with E-state index in [2.05, 4.69) is 15.2 Å². The SMILES string of the molecule is CC(C)c1nnc([C@@H]2CN(C(=O)c3ccnc(N(C)C)c3)CCO2)o1. The molecule has 0 N–H and O–H groups in total. The molecule has 1 amide bonds. The van der Waals surface area contributed by atoms with Crippen molar-refractivity contribution in [2.24, 2.45) is 0 Å². The highest BCUT2D eigenvalue weighted by Gasteiger charge is 2.30. The van der Waals surface area contributed by atoms with Crippen LogP contribution in [-0.4, -0.2) is 59.8 Å². The summed E-state index contributed by atoms with van der Waals surface area (Å²) in [7, 11) is 3.78. The lowest BCUT2D eigenvalue weighted by molar-refractivity contribution is -0.0351. The first kappa shape index (κ1) is 17.3. The Bertz CT molecular complexity index is 743. The van der Waals surface area contributed by atoms with Gasteiger partial charge in [-0.25, -0.2) is 4.98 Å². The maximum Gasteiger partial charge on any atom is 0.254 e. The largest absolute Gasteiger partial charge is 0.422 e. The minimum absolute atomic E-state index is 0.0533. The van der Waals surface area contributed by atoms with Gasteiger partial charge in [0.05, 0.1) is 13.2 Å². The molecule has 1 atom stereocenters. The van der Waals surface area contributed by atoms with Gasteiger partial charge in [-0.2, -0.15) is 0 Å². The summed E-state index contributed by atoms with van der Waals surface area (Å²) < 4.78 is 11.4. The molecule has 134 valence electrons. The zero-order chi connectivity index (χ0) is 18.0. The Balaban J connectivity index is 1.74. The number of hydrogen-bond acceptors (Lipinski definition) is 7. The lowest BCUT2D eigenvalue weighted by Gasteiger charge is -2.31. The second kappa shape index (κ2) is 7.18. The Morgan fingerprint density at radius 3 is 2.84 bits per heavy atom. The summed E-state index contributed by atoms with van der Waals surface area (Å²) in [6, 6.07) is 3.51. The number of ether oxygens (including phenoxy) is 1. The molecule has 8 heteroatoms. The monoisotopic (exact) mass is 345 g/mol. The zero-order valence-corrected chi connectivity index (χ0v) is 15.0. The highest BCUT2D eigenvalue weighted by atomic mass is 16.5. The first-order chi connectivity index (χ1) is 12.0. The van der Waals surface area contributed by atoms with E-state index in [9.17, 15) is 4.79 Å². The quantitative estimate of drug-likeness (QED) is 0.836. The Labute approximate surface area is 146 Å². The van der Waals surface area contributed by atoms with Crippen molar-refractivity contribution in [1.82, 2.24) is 20.1 Å². The topological polar surface area (TPSA) is 84.6 Å². The van der Waals surface area contributed by atoms with Gasteiger partial charge in [-0.3, -0.25) is 4.79 Å². The number of rotatable bonds is 4. The van der Waals surface area contributed by atoms with Crippen molar-refractivity contribution in [2.45, 2.75) is 25.9 Å². The van der Waals surface area contributed by atoms with Crippen molar-refractivity contribution < 1.29 is 13.9 Å². The number of anilines is 1. The van der Waals surface area contributed by atoms with Gasteiger partial charge in [0.1, 0.15) is 5.82 Å². The van der Waals surface area contributed by atoms with Crippen LogP contribution in [0.5, 0.6) is 0 Å². The lowest BCUT2D eigenvalue weighted by atomic mass is 10.2. The van der Waals surface area contributed by atoms with Gasteiger partial charge < -0.3 is 19.0 Å². The third-order valence-corrected chi connectivity index (χ3v) is 4.03. The lowest BCUT2D eigenvalue weighted by Crippen LogP contribution is -2.42. The minimum Gasteiger partial charge on any atom is -0.422 e. The van der Waals surface area contributed by atoms with Gasteiger partial charge in [0.15, 0.2) is 6.10 Å². The Morgan fingerprint density at radius 1 is 1.36 bits per heavy atom. The van der Waals surface area contributed by atoms with Crippen LogP contribution in [0.3, 0.4) is 0 Å². The number of hydrogen-bond donors (Lipinski definition) is 0. The van der Waals surface area contributed by atoms with E-state index in [0.717, 1.165) is 5.82 Å². The van der Waals surface area contributed by atoms with Gasteiger partial charge in [-0.15, -0.1) is 10.2 Å². The van der Waals surface area contributed by atoms with Crippen molar-refractivity contribution >= 4 is 11.7 Å². The van der Waals surface area contributed by atoms with Gasteiger partial charge in [-0.05, 0) is 12.1 Å². The first-order valence-corrected chi connectivity index (χ1v) is 8.33. The van der Waals surface area contributed by atoms with E-state index in [0.29, 0.717) is 37.0 Å². The molecule has 1 aliphatic heterocycles. The molecule has 0 bridgehead atoms. The van der Waals surface area contributed by atoms with Crippen LogP contribution in [0.25, 0.3) is 0 Å². The fourth-order valence-corrected chi connectivity index (χ4v) is 2.57. The summed E-state index contributed by atoms with van der Waals surface area (Å²) in [6.45, 7) is 5.32. The number of pyridine rings is 1. The normalized spacial score (nSPS) is 17.8. The summed E-state index contributed by atoms with van der Waals surface area (Å²) in [5.41, 5.74) is 0.604. The Hall–Kier alpha value is -2.48. The number of morpholine rings is 1. The van der Waals surface area contributed by atoms with E-state index >= 15 is 0 Å². The van der Waals surface area contributed by atoms with Crippen LogP contribution in [0, 0.1) is 0 Å². The predicted octanol–water partition coefficient (Wildman–Crippen LogP) is 1.87. The molecule has 0 radical (unpaired) electrons. The molecule has 0 spiro atoms. The summed E-state index contributed by atoms with van der Waals surface area (Å²) in [4.78, 5) is 20.7. The fraction of sp³-hybridized carbons (Fsp3) is 0.529. The van der Waals surface area contributed by atoms with E-state index in [4.69, 9.17) is 9.15 Å². The molecule has 8 nitrogen and oxygen atoms in total. The van der Waals surface area contributed by atoms with Crippen LogP contribution in [0.2, 0.25) is 0 Å². The predicted molar refractivity (Wildman–Crippen MR) is 91.5 cm³/mol. The van der Waals surface area contributed by atoms with Crippen molar-refractivity contribution in [1.29, 1.82) is 0 Å². The maximum atomic E-state index is 12.8. The molecule has 0 aliphatic carbocycles. The summed E-state index contributed by atoms with van der Waals surface area (Å²) in [5.74, 6) is 1.84. The van der Waals surface area contributed by atoms with Crippen LogP contribution in [0.1, 0.15) is 48.0 Å². The van der Waals surface area contributed by atoms with Crippen molar-refractivity contribution in [3.8, 4) is 0 Å². The van der Waals surface area contributed by atoms with E-state index < -0.39 is 6.10 Å². The van der Waals surface area contributed by atoms with Crippen molar-refractivity contribution in [2.75, 3.05) is 38.7 Å². The van der Waals surface area contributed by atoms with E-state index in [1.54, 1.807) is 23.2 Å². The second-order valence-corrected chi connectivity index (χ2v) is 6.54. The third kappa shape index (κ3) is 3.79. The number of nitrogens with zero attached hydrogens (tertiary/aromatic N) is 5. The van der Waals surface area contributed by atoms with Crippen LogP contribution in [0.15, 0.2) is 22.7 Å². The molecule has 1 aliphatic rings. The molecule has 2 aromatic heterocycles. The molecule has 0 aromatic carbocycles. The number of amides is 1. The molecule has 0 saturated carbocycles. The number of carbonyl (C=O) groups excluding carboxylic acids is 1. The summed E-state index contributed by atoms with van der Waals surface area (Å²) >= 11 is 0. The van der Waals surface area contributed by atoms with Gasteiger partial charge in [0.2, 0.25) is 11.8 Å². The van der Waals surface area contributed by atoms with Crippen LogP contribution >= 0.6 is 0 Å². The highest BCUT2D eigenvalue weighted by molar-refractivity contribution is 5.95. The number of carbonyl (C=O) groups is 1. The molecule has 3 heterocycles. The Kier molecular flexibility index (Phi) is 4.98. The zero-order valence-electron chi connectivity index (χ0n) is 15.0. The standard InChI is InChI=1S/C17H23N5O3/c1-11(2)15-19-20-16(25-15)13-10-22(7-8-24-13)17(23)12-5-6-18-14(9-12)21(3)4/h5-6,9,11,13H,7-8,10H2,1-4H3/t13-/m0/s1. The van der Waals surface area contributed by atoms with E-state index in [1.165, 1.54) is 0 Å². The van der Waals surface area contributed by atoms with E-state index in [-0.39, 0.29) is 11.8 Å². The third-order valence-electron chi connectivity index (χ3n) is 4.03. The molecule has 25 heavy (non-hydrogen) atoms. The molecule has 0 unspecified atom stereocenters. The molecule has 1 fully saturated rings. The first-order valence-electron chi connectivity index (χ1n) is 8.33. The smallest absolute Gasteiger partial charge is 0.254 e. The summed E-state index contributed by atoms with van der Waals surface area (Å²) in [5, 5.41) is 8.10. The molecule has 3 rings (SSSR count). The van der Waals surface area contributed by atoms with E-state index in [1.807, 2.05) is 32.8 Å². The molecule has 2 aromatic rings. The van der Waals surface area contributed by atoms with Crippen LogP contribution < -0.4 is 4.90 Å². The maximum absolute atomic E-state index is 12.8. The Morgan fingerprint density at radius 2 is 2.16 bits per heavy atom. The molecular formula is C17H23N5O3. The van der Waals surface area contributed by atoms with Gasteiger partial charge in [0.25, 0.3) is 5.91 Å². The average Bonchev–Trinajstić information content (AvgIpc) is 3.12. The van der Waals surface area contributed by atoms with Gasteiger partial charge >= 0.3 is 0 Å². The van der Waals surface area contributed by atoms with Crippen molar-refractivity contribution in [3.05, 3.63) is 35.7 Å². The van der Waals surface area contributed by atoms with Crippen LogP contribution in [0.4, 0.5) is 5.82 Å². The minimum atomic E-state index is -0.396. The fourth-order valence-electron chi connectivity index (χ4n) is 2.57.